The molecule has 0 spiro atoms. The largest absolute Gasteiger partial charge is 0.307 e. The lowest BCUT2D eigenvalue weighted by Gasteiger charge is -2.30. The molecule has 17 heavy (non-hydrogen) atoms. The second kappa shape index (κ2) is 6.01. The molecule has 1 saturated carbocycles. The molecule has 2 heteroatoms. The predicted molar refractivity (Wildman–Crippen MR) is 77.1 cm³/mol. The number of rotatable bonds is 3. The Labute approximate surface area is 113 Å². The van der Waals surface area contributed by atoms with Gasteiger partial charge in [-0.2, -0.15) is 0 Å². The van der Waals surface area contributed by atoms with Crippen molar-refractivity contribution in [3.8, 4) is 0 Å². The molecule has 1 aliphatic rings. The van der Waals surface area contributed by atoms with Crippen LogP contribution in [0, 0.1) is 5.92 Å². The van der Waals surface area contributed by atoms with Gasteiger partial charge in [0, 0.05) is 16.6 Å². The zero-order valence-corrected chi connectivity index (χ0v) is 12.3. The summed E-state index contributed by atoms with van der Waals surface area (Å²) < 4.78 is 1.15. The summed E-state index contributed by atoms with van der Waals surface area (Å²) in [6, 6.07) is 9.81. The number of benzene rings is 1. The zero-order chi connectivity index (χ0) is 12.3. The Bertz CT molecular complexity index is 346. The molecule has 1 aromatic carbocycles. The molecule has 1 aromatic rings. The number of hydrogen-bond donors (Lipinski definition) is 1. The third-order valence-electron chi connectivity index (χ3n) is 3.79. The fourth-order valence-corrected chi connectivity index (χ4v) is 3.05. The van der Waals surface area contributed by atoms with E-state index in [0.717, 1.165) is 10.4 Å². The summed E-state index contributed by atoms with van der Waals surface area (Å²) in [4.78, 5) is 0. The molecule has 2 rings (SSSR count). The monoisotopic (exact) mass is 295 g/mol. The Morgan fingerprint density at radius 2 is 1.94 bits per heavy atom. The highest BCUT2D eigenvalue weighted by Crippen LogP contribution is 2.26. The van der Waals surface area contributed by atoms with Crippen LogP contribution in [0.4, 0.5) is 0 Å². The highest BCUT2D eigenvalue weighted by molar-refractivity contribution is 9.10. The lowest BCUT2D eigenvalue weighted by molar-refractivity contribution is 0.285. The average Bonchev–Trinajstić information content (AvgIpc) is 2.29. The summed E-state index contributed by atoms with van der Waals surface area (Å²) in [5, 5.41) is 3.77. The average molecular weight is 296 g/mol. The summed E-state index contributed by atoms with van der Waals surface area (Å²) in [6.07, 6.45) is 5.46. The highest BCUT2D eigenvalue weighted by atomic mass is 79.9. The van der Waals surface area contributed by atoms with Crippen molar-refractivity contribution in [2.24, 2.45) is 5.92 Å². The van der Waals surface area contributed by atoms with Crippen molar-refractivity contribution in [2.45, 2.75) is 51.6 Å². The second-order valence-corrected chi connectivity index (χ2v) is 6.32. The van der Waals surface area contributed by atoms with E-state index in [1.807, 2.05) is 0 Å². The molecule has 1 nitrogen and oxygen atoms in total. The normalized spacial score (nSPS) is 26.8. The Kier molecular flexibility index (Phi) is 4.63. The van der Waals surface area contributed by atoms with Gasteiger partial charge in [0.15, 0.2) is 0 Å². The fourth-order valence-electron chi connectivity index (χ4n) is 2.79. The van der Waals surface area contributed by atoms with Crippen molar-refractivity contribution in [1.29, 1.82) is 0 Å². The van der Waals surface area contributed by atoms with Crippen LogP contribution in [0.3, 0.4) is 0 Å². The van der Waals surface area contributed by atoms with E-state index in [2.05, 4.69) is 59.4 Å². The molecule has 0 aromatic heterocycles. The van der Waals surface area contributed by atoms with Crippen molar-refractivity contribution in [3.05, 3.63) is 34.3 Å². The summed E-state index contributed by atoms with van der Waals surface area (Å²) in [7, 11) is 0. The lowest BCUT2D eigenvalue weighted by Crippen LogP contribution is -2.35. The molecular weight excluding hydrogens is 274 g/mol. The van der Waals surface area contributed by atoms with Crippen LogP contribution in [-0.2, 0) is 0 Å². The molecule has 1 fully saturated rings. The van der Waals surface area contributed by atoms with Gasteiger partial charge in [-0.05, 0) is 43.4 Å². The minimum absolute atomic E-state index is 0.457. The lowest BCUT2D eigenvalue weighted by atomic mass is 9.86. The Hall–Kier alpha value is -0.340. The van der Waals surface area contributed by atoms with E-state index in [-0.39, 0.29) is 0 Å². The van der Waals surface area contributed by atoms with Crippen LogP contribution in [0.2, 0.25) is 0 Å². The smallest absolute Gasteiger partial charge is 0.0294 e. The van der Waals surface area contributed by atoms with Crippen molar-refractivity contribution in [3.63, 3.8) is 0 Å². The maximum atomic E-state index is 3.77. The van der Waals surface area contributed by atoms with Gasteiger partial charge >= 0.3 is 0 Å². The van der Waals surface area contributed by atoms with Gasteiger partial charge in [-0.15, -0.1) is 0 Å². The van der Waals surface area contributed by atoms with E-state index in [0.29, 0.717) is 12.1 Å². The van der Waals surface area contributed by atoms with Crippen LogP contribution in [0.15, 0.2) is 28.7 Å². The number of nitrogens with one attached hydrogen (secondary N) is 1. The van der Waals surface area contributed by atoms with Crippen LogP contribution in [-0.4, -0.2) is 6.04 Å². The van der Waals surface area contributed by atoms with Crippen LogP contribution < -0.4 is 5.32 Å². The van der Waals surface area contributed by atoms with E-state index in [4.69, 9.17) is 0 Å². The summed E-state index contributed by atoms with van der Waals surface area (Å²) >= 11 is 3.48. The minimum Gasteiger partial charge on any atom is -0.307 e. The third-order valence-corrected chi connectivity index (χ3v) is 4.32. The SMILES string of the molecule is CC1CCCC(N[C@@H](C)c2ccc(Br)cc2)C1. The van der Waals surface area contributed by atoms with Gasteiger partial charge in [0.05, 0.1) is 0 Å². The first-order valence-electron chi connectivity index (χ1n) is 6.66. The molecule has 1 N–H and O–H groups in total. The van der Waals surface area contributed by atoms with Gasteiger partial charge in [-0.1, -0.05) is 47.8 Å². The molecule has 0 aliphatic heterocycles. The van der Waals surface area contributed by atoms with Crippen molar-refractivity contribution in [1.82, 2.24) is 5.32 Å². The summed E-state index contributed by atoms with van der Waals surface area (Å²) in [5.41, 5.74) is 1.38. The molecule has 0 radical (unpaired) electrons. The van der Waals surface area contributed by atoms with E-state index >= 15 is 0 Å². The molecule has 0 saturated heterocycles. The molecule has 1 aliphatic carbocycles. The van der Waals surface area contributed by atoms with E-state index in [1.54, 1.807) is 0 Å². The highest BCUT2D eigenvalue weighted by Gasteiger charge is 2.20. The first kappa shape index (κ1) is 13.1. The second-order valence-electron chi connectivity index (χ2n) is 5.41. The van der Waals surface area contributed by atoms with E-state index < -0.39 is 0 Å². The molecule has 2 unspecified atom stereocenters. The van der Waals surface area contributed by atoms with Crippen molar-refractivity contribution >= 4 is 15.9 Å². The Morgan fingerprint density at radius 3 is 2.59 bits per heavy atom. The predicted octanol–water partition coefficient (Wildman–Crippen LogP) is 4.68. The first-order valence-corrected chi connectivity index (χ1v) is 7.46. The standard InChI is InChI=1S/C15H22BrN/c1-11-4-3-5-15(10-11)17-12(2)13-6-8-14(16)9-7-13/h6-9,11-12,15,17H,3-5,10H2,1-2H3/t11?,12-,15?/m0/s1. The Morgan fingerprint density at radius 1 is 1.24 bits per heavy atom. The van der Waals surface area contributed by atoms with Crippen molar-refractivity contribution in [2.75, 3.05) is 0 Å². The maximum absolute atomic E-state index is 3.77. The Balaban J connectivity index is 1.91. The van der Waals surface area contributed by atoms with E-state index in [1.165, 1.54) is 31.2 Å². The summed E-state index contributed by atoms with van der Waals surface area (Å²) in [5.74, 6) is 0.887. The van der Waals surface area contributed by atoms with Gasteiger partial charge in [-0.25, -0.2) is 0 Å². The van der Waals surface area contributed by atoms with Gasteiger partial charge in [-0.3, -0.25) is 0 Å². The molecule has 94 valence electrons. The first-order chi connectivity index (χ1) is 8.15. The molecular formula is C15H22BrN. The van der Waals surface area contributed by atoms with Gasteiger partial charge in [0.25, 0.3) is 0 Å². The number of hydrogen-bond acceptors (Lipinski definition) is 1. The zero-order valence-electron chi connectivity index (χ0n) is 10.7. The molecule has 0 amide bonds. The van der Waals surface area contributed by atoms with Crippen LogP contribution in [0.5, 0.6) is 0 Å². The number of halogens is 1. The van der Waals surface area contributed by atoms with Gasteiger partial charge < -0.3 is 5.32 Å². The maximum Gasteiger partial charge on any atom is 0.0294 e. The quantitative estimate of drug-likeness (QED) is 0.854. The van der Waals surface area contributed by atoms with Crippen LogP contribution in [0.1, 0.15) is 51.1 Å². The minimum atomic E-state index is 0.457. The van der Waals surface area contributed by atoms with Gasteiger partial charge in [0.2, 0.25) is 0 Å². The van der Waals surface area contributed by atoms with Crippen LogP contribution >= 0.6 is 15.9 Å². The van der Waals surface area contributed by atoms with Crippen LogP contribution in [0.25, 0.3) is 0 Å². The molecule has 0 heterocycles. The topological polar surface area (TPSA) is 12.0 Å². The van der Waals surface area contributed by atoms with Gasteiger partial charge in [0.1, 0.15) is 0 Å². The van der Waals surface area contributed by atoms with E-state index in [9.17, 15) is 0 Å². The third kappa shape index (κ3) is 3.82. The molecule has 0 bridgehead atoms. The fraction of sp³-hybridized carbons (Fsp3) is 0.600. The molecule has 3 atom stereocenters. The van der Waals surface area contributed by atoms with Crippen molar-refractivity contribution < 1.29 is 0 Å². The summed E-state index contributed by atoms with van der Waals surface area (Å²) in [6.45, 7) is 4.64.